The first-order valence-corrected chi connectivity index (χ1v) is 7.76. The Labute approximate surface area is 147 Å². The molecule has 1 amide bonds. The minimum Gasteiger partial charge on any atom is -0.350 e. The molecule has 0 aliphatic carbocycles. The third-order valence-electron chi connectivity index (χ3n) is 3.63. The summed E-state index contributed by atoms with van der Waals surface area (Å²) in [5, 5.41) is 6.80. The van der Waals surface area contributed by atoms with Crippen LogP contribution in [0.2, 0.25) is 0 Å². The van der Waals surface area contributed by atoms with E-state index in [1.807, 2.05) is 0 Å². The van der Waals surface area contributed by atoms with E-state index in [1.54, 1.807) is 30.6 Å². The van der Waals surface area contributed by atoms with E-state index in [1.165, 1.54) is 16.8 Å². The van der Waals surface area contributed by atoms with Gasteiger partial charge in [0.25, 0.3) is 11.5 Å². The summed E-state index contributed by atoms with van der Waals surface area (Å²) in [5.41, 5.74) is 1.08. The van der Waals surface area contributed by atoms with E-state index >= 15 is 0 Å². The zero-order valence-corrected chi connectivity index (χ0v) is 13.5. The number of aromatic nitrogens is 3. The third kappa shape index (κ3) is 3.97. The predicted molar refractivity (Wildman–Crippen MR) is 90.4 cm³/mol. The lowest BCUT2D eigenvalue weighted by molar-refractivity contribution is 0.0951. The van der Waals surface area contributed by atoms with Gasteiger partial charge in [-0.15, -0.1) is 0 Å². The molecule has 1 aromatic carbocycles. The minimum atomic E-state index is -1.10. The molecule has 0 aliphatic rings. The highest BCUT2D eigenvalue weighted by Crippen LogP contribution is 2.13. The molecule has 2 aromatic heterocycles. The number of carbonyl (C=O) groups excluding carboxylic acids is 1. The van der Waals surface area contributed by atoms with E-state index in [0.717, 1.165) is 17.7 Å². The lowest BCUT2D eigenvalue weighted by atomic mass is 10.2. The van der Waals surface area contributed by atoms with E-state index in [4.69, 9.17) is 0 Å². The Bertz CT molecular complexity index is 990. The van der Waals surface area contributed by atoms with Gasteiger partial charge < -0.3 is 5.32 Å². The topological polar surface area (TPSA) is 76.9 Å². The van der Waals surface area contributed by atoms with Gasteiger partial charge in [0.2, 0.25) is 0 Å². The highest BCUT2D eigenvalue weighted by Gasteiger charge is 2.10. The van der Waals surface area contributed by atoms with Crippen molar-refractivity contribution in [3.05, 3.63) is 82.4 Å². The van der Waals surface area contributed by atoms with Crippen LogP contribution in [-0.2, 0) is 6.54 Å². The van der Waals surface area contributed by atoms with Crippen LogP contribution in [0.1, 0.15) is 10.4 Å². The van der Waals surface area contributed by atoms with Gasteiger partial charge in [0.15, 0.2) is 11.6 Å². The highest BCUT2D eigenvalue weighted by atomic mass is 19.2. The number of rotatable bonds is 5. The van der Waals surface area contributed by atoms with E-state index in [9.17, 15) is 18.4 Å². The van der Waals surface area contributed by atoms with Crippen molar-refractivity contribution in [3.63, 3.8) is 0 Å². The van der Waals surface area contributed by atoms with Crippen molar-refractivity contribution in [1.82, 2.24) is 20.1 Å². The summed E-state index contributed by atoms with van der Waals surface area (Å²) in [6.45, 7) is 0.234. The molecule has 8 heteroatoms. The molecular weight excluding hydrogens is 342 g/mol. The first-order valence-electron chi connectivity index (χ1n) is 7.76. The SMILES string of the molecule is O=C(NCCn1nc(-c2ccncc2)ccc1=O)c1ccc(F)c(F)c1. The van der Waals surface area contributed by atoms with Gasteiger partial charge in [-0.25, -0.2) is 13.5 Å². The molecule has 1 N–H and O–H groups in total. The molecule has 26 heavy (non-hydrogen) atoms. The largest absolute Gasteiger partial charge is 0.350 e. The number of hydrogen-bond acceptors (Lipinski definition) is 4. The molecule has 0 bridgehead atoms. The fraction of sp³-hybridized carbons (Fsp3) is 0.111. The lowest BCUT2D eigenvalue weighted by Gasteiger charge is -2.09. The highest BCUT2D eigenvalue weighted by molar-refractivity contribution is 5.94. The van der Waals surface area contributed by atoms with Crippen LogP contribution in [0.5, 0.6) is 0 Å². The molecule has 0 atom stereocenters. The zero-order chi connectivity index (χ0) is 18.5. The van der Waals surface area contributed by atoms with Gasteiger partial charge in [0, 0.05) is 36.1 Å². The second-order valence-electron chi connectivity index (χ2n) is 5.40. The summed E-state index contributed by atoms with van der Waals surface area (Å²) in [6.07, 6.45) is 3.24. The molecule has 3 aromatic rings. The molecular formula is C18H14F2N4O2. The maximum Gasteiger partial charge on any atom is 0.266 e. The van der Waals surface area contributed by atoms with Gasteiger partial charge in [0.1, 0.15) is 0 Å². The smallest absolute Gasteiger partial charge is 0.266 e. The average Bonchev–Trinajstić information content (AvgIpc) is 2.66. The van der Waals surface area contributed by atoms with Crippen molar-refractivity contribution in [1.29, 1.82) is 0 Å². The van der Waals surface area contributed by atoms with Crippen molar-refractivity contribution in [2.45, 2.75) is 6.54 Å². The number of nitrogens with one attached hydrogen (secondary N) is 1. The quantitative estimate of drug-likeness (QED) is 0.759. The standard InChI is InChI=1S/C18H14F2N4O2/c19-14-2-1-13(11-15(14)20)18(26)22-9-10-24-17(25)4-3-16(23-24)12-5-7-21-8-6-12/h1-8,11H,9-10H2,(H,22,26). The molecule has 132 valence electrons. The maximum atomic E-state index is 13.2. The first kappa shape index (κ1) is 17.4. The average molecular weight is 356 g/mol. The summed E-state index contributed by atoms with van der Waals surface area (Å²) in [6, 6.07) is 9.41. The number of pyridine rings is 1. The fourth-order valence-electron chi connectivity index (χ4n) is 2.30. The first-order chi connectivity index (χ1) is 12.5. The summed E-state index contributed by atoms with van der Waals surface area (Å²) in [4.78, 5) is 27.8. The summed E-state index contributed by atoms with van der Waals surface area (Å²) in [5.74, 6) is -2.69. The van der Waals surface area contributed by atoms with Crippen LogP contribution in [0.15, 0.2) is 59.7 Å². The maximum absolute atomic E-state index is 13.2. The Hall–Kier alpha value is -3.42. The number of benzene rings is 1. The number of hydrogen-bond donors (Lipinski definition) is 1. The van der Waals surface area contributed by atoms with Gasteiger partial charge in [0.05, 0.1) is 12.2 Å². The summed E-state index contributed by atoms with van der Waals surface area (Å²) < 4.78 is 27.3. The van der Waals surface area contributed by atoms with Crippen molar-refractivity contribution in [2.75, 3.05) is 6.54 Å². The second-order valence-corrected chi connectivity index (χ2v) is 5.40. The number of carbonyl (C=O) groups is 1. The van der Waals surface area contributed by atoms with Crippen LogP contribution in [-0.4, -0.2) is 27.2 Å². The summed E-state index contributed by atoms with van der Waals surface area (Å²) in [7, 11) is 0. The van der Waals surface area contributed by atoms with E-state index in [-0.39, 0.29) is 24.2 Å². The van der Waals surface area contributed by atoms with Crippen molar-refractivity contribution in [3.8, 4) is 11.3 Å². The number of nitrogens with zero attached hydrogens (tertiary/aromatic N) is 3. The Kier molecular flexibility index (Phi) is 5.12. The van der Waals surface area contributed by atoms with E-state index in [0.29, 0.717) is 5.69 Å². The van der Waals surface area contributed by atoms with Crippen LogP contribution in [0.25, 0.3) is 11.3 Å². The van der Waals surface area contributed by atoms with Crippen LogP contribution >= 0.6 is 0 Å². The molecule has 0 spiro atoms. The van der Waals surface area contributed by atoms with Gasteiger partial charge >= 0.3 is 0 Å². The number of amides is 1. The van der Waals surface area contributed by atoms with E-state index < -0.39 is 17.5 Å². The van der Waals surface area contributed by atoms with Gasteiger partial charge in [-0.2, -0.15) is 5.10 Å². The second kappa shape index (κ2) is 7.64. The van der Waals surface area contributed by atoms with Gasteiger partial charge in [-0.05, 0) is 36.4 Å². The molecule has 0 radical (unpaired) electrons. The minimum absolute atomic E-state index is 0.00487. The van der Waals surface area contributed by atoms with Crippen molar-refractivity contribution in [2.24, 2.45) is 0 Å². The van der Waals surface area contributed by atoms with Crippen LogP contribution < -0.4 is 10.9 Å². The molecule has 6 nitrogen and oxygen atoms in total. The van der Waals surface area contributed by atoms with Crippen LogP contribution in [0, 0.1) is 11.6 Å². The van der Waals surface area contributed by atoms with Crippen molar-refractivity contribution >= 4 is 5.91 Å². The molecule has 0 fully saturated rings. The monoisotopic (exact) mass is 356 g/mol. The molecule has 0 saturated carbocycles. The normalized spacial score (nSPS) is 10.5. The molecule has 2 heterocycles. The molecule has 0 saturated heterocycles. The lowest BCUT2D eigenvalue weighted by Crippen LogP contribution is -2.32. The van der Waals surface area contributed by atoms with E-state index in [2.05, 4.69) is 15.4 Å². The summed E-state index contributed by atoms with van der Waals surface area (Å²) >= 11 is 0. The third-order valence-corrected chi connectivity index (χ3v) is 3.63. The molecule has 3 rings (SSSR count). The van der Waals surface area contributed by atoms with Crippen molar-refractivity contribution < 1.29 is 13.6 Å². The van der Waals surface area contributed by atoms with Crippen LogP contribution in [0.4, 0.5) is 8.78 Å². The zero-order valence-electron chi connectivity index (χ0n) is 13.5. The van der Waals surface area contributed by atoms with Crippen LogP contribution in [0.3, 0.4) is 0 Å². The van der Waals surface area contributed by atoms with Gasteiger partial charge in [-0.3, -0.25) is 14.6 Å². The predicted octanol–water partition coefficient (Wildman–Crippen LogP) is 2.01. The van der Waals surface area contributed by atoms with Gasteiger partial charge in [-0.1, -0.05) is 0 Å². The Morgan fingerprint density at radius 1 is 1.04 bits per heavy atom. The molecule has 0 aliphatic heterocycles. The fourth-order valence-corrected chi connectivity index (χ4v) is 2.30. The Morgan fingerprint density at radius 2 is 1.81 bits per heavy atom. The Morgan fingerprint density at radius 3 is 2.54 bits per heavy atom. The Balaban J connectivity index is 1.67. The molecule has 0 unspecified atom stereocenters. The number of halogens is 2.